The number of nitrogen functional groups attached to an aromatic ring is 1. The molecular weight excluding hydrogens is 326 g/mol. The van der Waals surface area contributed by atoms with Crippen LogP contribution < -0.4 is 5.73 Å². The second kappa shape index (κ2) is 6.07. The summed E-state index contributed by atoms with van der Waals surface area (Å²) in [6.07, 6.45) is 9.15. The number of fused-ring (bicyclic) bond motifs is 1. The third kappa shape index (κ3) is 2.35. The van der Waals surface area contributed by atoms with E-state index in [-0.39, 0.29) is 5.91 Å². The Morgan fingerprint density at radius 2 is 1.81 bits per heavy atom. The lowest BCUT2D eigenvalue weighted by molar-refractivity contribution is 0.0950. The highest BCUT2D eigenvalue weighted by molar-refractivity contribution is 5.90. The van der Waals surface area contributed by atoms with Gasteiger partial charge in [-0.1, -0.05) is 30.9 Å². The van der Waals surface area contributed by atoms with Gasteiger partial charge in [-0.2, -0.15) is 4.68 Å². The van der Waals surface area contributed by atoms with Crippen molar-refractivity contribution in [3.05, 3.63) is 90.2 Å². The van der Waals surface area contributed by atoms with Crippen molar-refractivity contribution in [1.29, 1.82) is 0 Å². The quantitative estimate of drug-likeness (QED) is 0.739. The SMILES string of the molecule is C=CC(=O)n1nc(N)c2c1CC(c1ccccn1)(c1ccccn1)C=C2. The van der Waals surface area contributed by atoms with Gasteiger partial charge in [-0.15, -0.1) is 5.10 Å². The zero-order valence-electron chi connectivity index (χ0n) is 14.0. The molecule has 1 aliphatic carbocycles. The molecule has 0 bridgehead atoms. The van der Waals surface area contributed by atoms with Crippen molar-refractivity contribution < 1.29 is 4.79 Å². The van der Waals surface area contributed by atoms with Crippen molar-refractivity contribution in [3.63, 3.8) is 0 Å². The van der Waals surface area contributed by atoms with E-state index in [9.17, 15) is 4.79 Å². The molecule has 3 aromatic heterocycles. The minimum Gasteiger partial charge on any atom is -0.382 e. The molecule has 4 rings (SSSR count). The van der Waals surface area contributed by atoms with Gasteiger partial charge >= 0.3 is 0 Å². The van der Waals surface area contributed by atoms with Crippen LogP contribution in [0.1, 0.15) is 27.4 Å². The average molecular weight is 343 g/mol. The maximum Gasteiger partial charge on any atom is 0.270 e. The molecule has 0 aliphatic heterocycles. The van der Waals surface area contributed by atoms with Gasteiger partial charge in [0.05, 0.1) is 22.5 Å². The molecule has 0 fully saturated rings. The van der Waals surface area contributed by atoms with Crippen molar-refractivity contribution in [2.45, 2.75) is 11.8 Å². The average Bonchev–Trinajstić information content (AvgIpc) is 3.04. The van der Waals surface area contributed by atoms with Crippen LogP contribution in [0.15, 0.2) is 67.5 Å². The number of allylic oxidation sites excluding steroid dienone is 2. The zero-order valence-corrected chi connectivity index (χ0v) is 14.0. The van der Waals surface area contributed by atoms with Crippen LogP contribution in [-0.2, 0) is 11.8 Å². The van der Waals surface area contributed by atoms with E-state index in [1.807, 2.05) is 48.6 Å². The Balaban J connectivity index is 1.95. The fourth-order valence-corrected chi connectivity index (χ4v) is 3.39. The first-order valence-corrected chi connectivity index (χ1v) is 8.22. The second-order valence-electron chi connectivity index (χ2n) is 6.11. The summed E-state index contributed by atoms with van der Waals surface area (Å²) in [5.74, 6) is 0.00582. The van der Waals surface area contributed by atoms with E-state index < -0.39 is 5.41 Å². The van der Waals surface area contributed by atoms with Crippen molar-refractivity contribution in [3.8, 4) is 0 Å². The molecule has 0 radical (unpaired) electrons. The lowest BCUT2D eigenvalue weighted by atomic mass is 9.72. The summed E-state index contributed by atoms with van der Waals surface area (Å²) in [5.41, 5.74) is 8.58. The molecule has 1 aliphatic rings. The maximum atomic E-state index is 12.3. The Labute approximate surface area is 150 Å². The molecule has 0 unspecified atom stereocenters. The Bertz CT molecular complexity index is 966. The molecule has 128 valence electrons. The number of aromatic nitrogens is 4. The van der Waals surface area contributed by atoms with Crippen LogP contribution in [0.3, 0.4) is 0 Å². The molecule has 0 spiro atoms. The molecule has 0 saturated heterocycles. The van der Waals surface area contributed by atoms with Gasteiger partial charge in [-0.3, -0.25) is 14.8 Å². The Kier molecular flexibility index (Phi) is 3.73. The molecule has 0 aromatic carbocycles. The first kappa shape index (κ1) is 16.0. The fourth-order valence-electron chi connectivity index (χ4n) is 3.39. The lowest BCUT2D eigenvalue weighted by Crippen LogP contribution is -2.34. The number of nitrogens with zero attached hydrogens (tertiary/aromatic N) is 4. The standard InChI is InChI=1S/C20H17N5O/c1-2-18(26)25-15-13-20(16-7-3-5-11-22-16,17-8-4-6-12-23-17)10-9-14(15)19(21)24-25/h2-12H,1,13H2,(H2,21,24). The molecule has 0 atom stereocenters. The molecule has 2 N–H and O–H groups in total. The minimum atomic E-state index is -0.610. The Hall–Kier alpha value is -3.54. The number of hydrogen-bond donors (Lipinski definition) is 1. The van der Waals surface area contributed by atoms with Crippen LogP contribution >= 0.6 is 0 Å². The van der Waals surface area contributed by atoms with Crippen molar-refractivity contribution in [1.82, 2.24) is 19.7 Å². The largest absolute Gasteiger partial charge is 0.382 e. The summed E-state index contributed by atoms with van der Waals surface area (Å²) in [5, 5.41) is 4.20. The van der Waals surface area contributed by atoms with Crippen LogP contribution in [-0.4, -0.2) is 25.7 Å². The highest BCUT2D eigenvalue weighted by Crippen LogP contribution is 2.41. The number of anilines is 1. The van der Waals surface area contributed by atoms with Crippen LogP contribution in [0.5, 0.6) is 0 Å². The van der Waals surface area contributed by atoms with E-state index >= 15 is 0 Å². The monoisotopic (exact) mass is 343 g/mol. The maximum absolute atomic E-state index is 12.3. The van der Waals surface area contributed by atoms with Crippen molar-refractivity contribution in [2.75, 3.05) is 5.73 Å². The summed E-state index contributed by atoms with van der Waals surface area (Å²) in [6.45, 7) is 3.55. The predicted octanol–water partition coefficient (Wildman–Crippen LogP) is 2.64. The number of nitrogens with two attached hydrogens (primary N) is 1. The van der Waals surface area contributed by atoms with Gasteiger partial charge in [0.1, 0.15) is 0 Å². The Morgan fingerprint density at radius 3 is 2.35 bits per heavy atom. The number of rotatable bonds is 3. The van der Waals surface area contributed by atoms with Crippen molar-refractivity contribution in [2.24, 2.45) is 0 Å². The smallest absolute Gasteiger partial charge is 0.270 e. The second-order valence-corrected chi connectivity index (χ2v) is 6.11. The van der Waals surface area contributed by atoms with E-state index in [0.29, 0.717) is 12.2 Å². The molecule has 3 aromatic rings. The van der Waals surface area contributed by atoms with Gasteiger partial charge in [0.2, 0.25) is 0 Å². The normalized spacial score (nSPS) is 14.6. The highest BCUT2D eigenvalue weighted by Gasteiger charge is 2.40. The number of carbonyl (C=O) groups is 1. The molecule has 6 nitrogen and oxygen atoms in total. The van der Waals surface area contributed by atoms with E-state index in [2.05, 4.69) is 21.6 Å². The molecule has 0 saturated carbocycles. The van der Waals surface area contributed by atoms with Crippen LogP contribution in [0.2, 0.25) is 0 Å². The van der Waals surface area contributed by atoms with Crippen molar-refractivity contribution >= 4 is 17.8 Å². The van der Waals surface area contributed by atoms with E-state index in [1.54, 1.807) is 12.4 Å². The third-order valence-corrected chi connectivity index (χ3v) is 4.66. The first-order valence-electron chi connectivity index (χ1n) is 8.22. The number of hydrogen-bond acceptors (Lipinski definition) is 5. The van der Waals surface area contributed by atoms with E-state index in [0.717, 1.165) is 22.6 Å². The van der Waals surface area contributed by atoms with Crippen LogP contribution in [0.25, 0.3) is 6.08 Å². The van der Waals surface area contributed by atoms with E-state index in [1.165, 1.54) is 10.8 Å². The molecule has 0 amide bonds. The van der Waals surface area contributed by atoms with Crippen LogP contribution in [0, 0.1) is 0 Å². The van der Waals surface area contributed by atoms with Gasteiger partial charge in [0.15, 0.2) is 5.82 Å². The molecule has 26 heavy (non-hydrogen) atoms. The summed E-state index contributed by atoms with van der Waals surface area (Å²) in [6, 6.07) is 11.6. The third-order valence-electron chi connectivity index (χ3n) is 4.66. The summed E-state index contributed by atoms with van der Waals surface area (Å²) >= 11 is 0. The Morgan fingerprint density at radius 1 is 1.15 bits per heavy atom. The fraction of sp³-hybridized carbons (Fsp3) is 0.100. The van der Waals surface area contributed by atoms with Gasteiger partial charge < -0.3 is 5.73 Å². The summed E-state index contributed by atoms with van der Waals surface area (Å²) in [7, 11) is 0. The predicted molar refractivity (Wildman–Crippen MR) is 99.5 cm³/mol. The topological polar surface area (TPSA) is 86.7 Å². The molecule has 3 heterocycles. The van der Waals surface area contributed by atoms with E-state index in [4.69, 9.17) is 5.73 Å². The lowest BCUT2D eigenvalue weighted by Gasteiger charge is -2.32. The molecule has 6 heteroatoms. The van der Waals surface area contributed by atoms with Gasteiger partial charge in [-0.25, -0.2) is 0 Å². The minimum absolute atomic E-state index is 0.316. The highest BCUT2D eigenvalue weighted by atomic mass is 16.2. The van der Waals surface area contributed by atoms with Gasteiger partial charge in [0, 0.05) is 24.4 Å². The summed E-state index contributed by atoms with van der Waals surface area (Å²) < 4.78 is 1.32. The molecular formula is C20H17N5O. The van der Waals surface area contributed by atoms with Crippen LogP contribution in [0.4, 0.5) is 5.82 Å². The first-order chi connectivity index (χ1) is 12.7. The van der Waals surface area contributed by atoms with Gasteiger partial charge in [0.25, 0.3) is 5.91 Å². The zero-order chi connectivity index (χ0) is 18.1. The number of pyridine rings is 2. The van der Waals surface area contributed by atoms with Gasteiger partial charge in [-0.05, 0) is 30.3 Å². The summed E-state index contributed by atoms with van der Waals surface area (Å²) in [4.78, 5) is 21.4. The number of carbonyl (C=O) groups excluding carboxylic acids is 1.